The van der Waals surface area contributed by atoms with Gasteiger partial charge in [-0.1, -0.05) is 24.3 Å². The second kappa shape index (κ2) is 10.3. The first-order chi connectivity index (χ1) is 14.1. The van der Waals surface area contributed by atoms with Gasteiger partial charge in [-0.15, -0.1) is 0 Å². The summed E-state index contributed by atoms with van der Waals surface area (Å²) >= 11 is 0. The van der Waals surface area contributed by atoms with Crippen LogP contribution in [0.5, 0.6) is 11.5 Å². The van der Waals surface area contributed by atoms with Crippen LogP contribution < -0.4 is 14.8 Å². The van der Waals surface area contributed by atoms with Crippen molar-refractivity contribution in [2.24, 2.45) is 0 Å². The van der Waals surface area contributed by atoms with E-state index < -0.39 is 12.8 Å². The van der Waals surface area contributed by atoms with Gasteiger partial charge in [-0.3, -0.25) is 9.69 Å². The lowest BCUT2D eigenvalue weighted by atomic mass is 10.1. The molecule has 2 rings (SSSR count). The number of nitrogens with one attached hydrogen (secondary N) is 1. The number of aryl methyl sites for hydroxylation is 2. The van der Waals surface area contributed by atoms with Gasteiger partial charge in [0.15, 0.2) is 6.61 Å². The summed E-state index contributed by atoms with van der Waals surface area (Å²) in [4.78, 5) is 14.1. The van der Waals surface area contributed by atoms with E-state index in [1.54, 1.807) is 33.1 Å². The van der Waals surface area contributed by atoms with E-state index in [1.807, 2.05) is 36.2 Å². The molecule has 0 radical (unpaired) electrons. The summed E-state index contributed by atoms with van der Waals surface area (Å²) in [6.45, 7) is 3.17. The van der Waals surface area contributed by atoms with Crippen LogP contribution in [0.2, 0.25) is 0 Å². The Labute approximate surface area is 174 Å². The highest BCUT2D eigenvalue weighted by molar-refractivity contribution is 5.78. The van der Waals surface area contributed by atoms with Gasteiger partial charge in [0.25, 0.3) is 0 Å². The number of rotatable bonds is 9. The molecule has 0 aromatic heterocycles. The van der Waals surface area contributed by atoms with E-state index in [4.69, 9.17) is 9.47 Å². The van der Waals surface area contributed by atoms with Crippen LogP contribution in [0.15, 0.2) is 36.4 Å². The highest BCUT2D eigenvalue weighted by Crippen LogP contribution is 2.27. The molecule has 0 bridgehead atoms. The number of alkyl halides is 3. The maximum atomic E-state index is 12.4. The molecule has 0 unspecified atom stereocenters. The third kappa shape index (κ3) is 7.59. The van der Waals surface area contributed by atoms with Gasteiger partial charge in [0.05, 0.1) is 13.7 Å². The normalized spacial score (nSPS) is 11.5. The number of methoxy groups -OCH3 is 1. The third-order valence-electron chi connectivity index (χ3n) is 4.39. The molecular formula is C22H27F3N2O3. The predicted molar refractivity (Wildman–Crippen MR) is 109 cm³/mol. The first-order valence-corrected chi connectivity index (χ1v) is 9.45. The van der Waals surface area contributed by atoms with E-state index in [0.29, 0.717) is 24.2 Å². The molecule has 0 saturated heterocycles. The van der Waals surface area contributed by atoms with Crippen LogP contribution in [0.25, 0.3) is 0 Å². The molecule has 2 aromatic rings. The van der Waals surface area contributed by atoms with Crippen molar-refractivity contribution in [1.82, 2.24) is 10.2 Å². The minimum absolute atomic E-state index is 0.126. The fraction of sp³-hybridized carbons (Fsp3) is 0.409. The summed E-state index contributed by atoms with van der Waals surface area (Å²) in [5.74, 6) is 0.848. The number of hydrogen-bond donors (Lipinski definition) is 1. The third-order valence-corrected chi connectivity index (χ3v) is 4.39. The molecule has 0 aliphatic heterocycles. The number of nitrogens with zero attached hydrogens (tertiary/aromatic N) is 1. The number of amides is 1. The van der Waals surface area contributed by atoms with Gasteiger partial charge in [-0.2, -0.15) is 13.2 Å². The Kier molecular flexibility index (Phi) is 8.11. The monoisotopic (exact) mass is 424 g/mol. The van der Waals surface area contributed by atoms with E-state index in [2.05, 4.69) is 5.32 Å². The summed E-state index contributed by atoms with van der Waals surface area (Å²) < 4.78 is 47.3. The number of hydrogen-bond acceptors (Lipinski definition) is 4. The van der Waals surface area contributed by atoms with E-state index in [1.165, 1.54) is 0 Å². The zero-order valence-electron chi connectivity index (χ0n) is 17.6. The largest absolute Gasteiger partial charge is 0.497 e. The second-order valence-electron chi connectivity index (χ2n) is 7.26. The molecule has 0 heterocycles. The Morgan fingerprint density at radius 3 is 2.37 bits per heavy atom. The Hall–Kier alpha value is -2.74. The van der Waals surface area contributed by atoms with Crippen molar-refractivity contribution in [3.63, 3.8) is 0 Å². The van der Waals surface area contributed by atoms with Crippen LogP contribution in [-0.4, -0.2) is 44.3 Å². The van der Waals surface area contributed by atoms with Gasteiger partial charge in [-0.25, -0.2) is 0 Å². The van der Waals surface area contributed by atoms with E-state index in [0.717, 1.165) is 16.9 Å². The maximum absolute atomic E-state index is 12.4. The Morgan fingerprint density at radius 2 is 1.77 bits per heavy atom. The molecule has 0 aliphatic carbocycles. The number of ether oxygens (including phenoxy) is 2. The SMILES string of the molecule is COc1cccc(CNC(=O)CN(C)Cc2cc(C)c(OCC(F)(F)F)c(C)c2)c1. The zero-order chi connectivity index (χ0) is 22.3. The molecule has 164 valence electrons. The molecule has 1 N–H and O–H groups in total. The summed E-state index contributed by atoms with van der Waals surface area (Å²) in [5, 5.41) is 2.87. The molecule has 0 aliphatic rings. The van der Waals surface area contributed by atoms with Crippen LogP contribution in [0, 0.1) is 13.8 Å². The summed E-state index contributed by atoms with van der Waals surface area (Å²) in [7, 11) is 3.40. The predicted octanol–water partition coefficient (Wildman–Crippen LogP) is 4.00. The van der Waals surface area contributed by atoms with Gasteiger partial charge < -0.3 is 14.8 Å². The molecule has 1 amide bonds. The molecule has 0 fully saturated rings. The van der Waals surface area contributed by atoms with Gasteiger partial charge in [0.2, 0.25) is 5.91 Å². The Bertz CT molecular complexity index is 846. The second-order valence-corrected chi connectivity index (χ2v) is 7.26. The van der Waals surface area contributed by atoms with Crippen molar-refractivity contribution in [2.45, 2.75) is 33.1 Å². The van der Waals surface area contributed by atoms with Gasteiger partial charge >= 0.3 is 6.18 Å². The average molecular weight is 424 g/mol. The molecule has 0 atom stereocenters. The van der Waals surface area contributed by atoms with E-state index in [9.17, 15) is 18.0 Å². The highest BCUT2D eigenvalue weighted by atomic mass is 19.4. The first kappa shape index (κ1) is 23.5. The van der Waals surface area contributed by atoms with Crippen molar-refractivity contribution in [3.05, 3.63) is 58.7 Å². The smallest absolute Gasteiger partial charge is 0.422 e. The lowest BCUT2D eigenvalue weighted by Gasteiger charge is -2.19. The standard InChI is InChI=1S/C22H27F3N2O3/c1-15-8-18(9-16(2)21(15)30-14-22(23,24)25)12-27(3)13-20(28)26-11-17-6-5-7-19(10-17)29-4/h5-10H,11-14H2,1-4H3,(H,26,28). The minimum Gasteiger partial charge on any atom is -0.497 e. The van der Waals surface area contributed by atoms with E-state index in [-0.39, 0.29) is 18.2 Å². The summed E-state index contributed by atoms with van der Waals surface area (Å²) in [5.41, 5.74) is 3.09. The molecule has 8 heteroatoms. The van der Waals surface area contributed by atoms with Crippen molar-refractivity contribution < 1.29 is 27.4 Å². The van der Waals surface area contributed by atoms with Crippen LogP contribution in [0.1, 0.15) is 22.3 Å². The molecule has 0 saturated carbocycles. The molecule has 30 heavy (non-hydrogen) atoms. The van der Waals surface area contributed by atoms with Gasteiger partial charge in [-0.05, 0) is 55.3 Å². The van der Waals surface area contributed by atoms with Crippen LogP contribution in [0.3, 0.4) is 0 Å². The zero-order valence-corrected chi connectivity index (χ0v) is 17.6. The van der Waals surface area contributed by atoms with Crippen molar-refractivity contribution in [1.29, 1.82) is 0 Å². The lowest BCUT2D eigenvalue weighted by Crippen LogP contribution is -2.34. The number of benzene rings is 2. The van der Waals surface area contributed by atoms with Crippen LogP contribution in [-0.2, 0) is 17.9 Å². The molecule has 5 nitrogen and oxygen atoms in total. The van der Waals surface area contributed by atoms with Crippen molar-refractivity contribution >= 4 is 5.91 Å². The lowest BCUT2D eigenvalue weighted by molar-refractivity contribution is -0.153. The van der Waals surface area contributed by atoms with E-state index >= 15 is 0 Å². The fourth-order valence-corrected chi connectivity index (χ4v) is 3.16. The minimum atomic E-state index is -4.38. The Morgan fingerprint density at radius 1 is 1.10 bits per heavy atom. The number of carbonyl (C=O) groups is 1. The number of carbonyl (C=O) groups excluding carboxylic acids is 1. The number of likely N-dealkylation sites (N-methyl/N-ethyl adjacent to an activating group) is 1. The van der Waals surface area contributed by atoms with Crippen LogP contribution >= 0.6 is 0 Å². The van der Waals surface area contributed by atoms with Crippen molar-refractivity contribution in [3.8, 4) is 11.5 Å². The molecule has 2 aromatic carbocycles. The highest BCUT2D eigenvalue weighted by Gasteiger charge is 2.29. The maximum Gasteiger partial charge on any atom is 0.422 e. The van der Waals surface area contributed by atoms with Gasteiger partial charge in [0.1, 0.15) is 11.5 Å². The van der Waals surface area contributed by atoms with Crippen LogP contribution in [0.4, 0.5) is 13.2 Å². The molecule has 0 spiro atoms. The summed E-state index contributed by atoms with van der Waals surface area (Å²) in [6.07, 6.45) is -4.38. The first-order valence-electron chi connectivity index (χ1n) is 9.45. The summed E-state index contributed by atoms with van der Waals surface area (Å²) in [6, 6.07) is 11.0. The van der Waals surface area contributed by atoms with Gasteiger partial charge in [0, 0.05) is 13.1 Å². The number of halogens is 3. The topological polar surface area (TPSA) is 50.8 Å². The Balaban J connectivity index is 1.89. The molecular weight excluding hydrogens is 397 g/mol. The van der Waals surface area contributed by atoms with Crippen molar-refractivity contribution in [2.75, 3.05) is 27.3 Å². The quantitative estimate of drug-likeness (QED) is 0.661. The average Bonchev–Trinajstić information content (AvgIpc) is 2.65. The fourth-order valence-electron chi connectivity index (χ4n) is 3.16.